The molecule has 9 rings (SSSR count). The molecular weight excluding hydrogens is 600 g/mol. The van der Waals surface area contributed by atoms with Crippen LogP contribution >= 0.6 is 0 Å². The van der Waals surface area contributed by atoms with Gasteiger partial charge in [0.05, 0.1) is 47.5 Å². The van der Waals surface area contributed by atoms with Crippen molar-refractivity contribution in [2.24, 2.45) is 0 Å². The summed E-state index contributed by atoms with van der Waals surface area (Å²) in [5, 5.41) is 0. The summed E-state index contributed by atoms with van der Waals surface area (Å²) in [5.74, 6) is -2.61. The van der Waals surface area contributed by atoms with Crippen LogP contribution in [-0.4, -0.2) is 13.3 Å². The number of rotatable bonds is 4. The molecular formula is C39H26F4N4. The van der Waals surface area contributed by atoms with Crippen LogP contribution in [0.25, 0.3) is 11.1 Å². The highest BCUT2D eigenvalue weighted by Crippen LogP contribution is 2.60. The minimum absolute atomic E-state index is 0.230. The van der Waals surface area contributed by atoms with E-state index in [1.165, 1.54) is 24.3 Å². The maximum atomic E-state index is 15.5. The Kier molecular flexibility index (Phi) is 5.93. The summed E-state index contributed by atoms with van der Waals surface area (Å²) < 4.78 is 59.2. The number of anilines is 6. The summed E-state index contributed by atoms with van der Waals surface area (Å²) >= 11 is 0. The Bertz CT molecular complexity index is 2060. The van der Waals surface area contributed by atoms with Crippen molar-refractivity contribution in [3.05, 3.63) is 168 Å². The van der Waals surface area contributed by atoms with Gasteiger partial charge < -0.3 is 19.6 Å². The fourth-order valence-electron chi connectivity index (χ4n) is 7.71. The highest BCUT2D eigenvalue weighted by Gasteiger charge is 2.57. The molecule has 0 unspecified atom stereocenters. The molecule has 2 heterocycles. The smallest absolute Gasteiger partial charge is 0.170 e. The van der Waals surface area contributed by atoms with Gasteiger partial charge in [-0.05, 0) is 59.7 Å². The molecule has 0 N–H and O–H groups in total. The predicted molar refractivity (Wildman–Crippen MR) is 177 cm³/mol. The number of hydrogen-bond acceptors (Lipinski definition) is 4. The van der Waals surface area contributed by atoms with Gasteiger partial charge in [0.1, 0.15) is 23.3 Å². The van der Waals surface area contributed by atoms with Gasteiger partial charge in [-0.2, -0.15) is 0 Å². The van der Waals surface area contributed by atoms with Gasteiger partial charge in [0.2, 0.25) is 0 Å². The summed E-state index contributed by atoms with van der Waals surface area (Å²) in [7, 11) is 0. The molecule has 0 aromatic heterocycles. The molecule has 0 spiro atoms. The molecule has 4 nitrogen and oxygen atoms in total. The highest BCUT2D eigenvalue weighted by atomic mass is 19.1. The summed E-state index contributed by atoms with van der Waals surface area (Å²) in [5.41, 5.74) is 6.88. The maximum absolute atomic E-state index is 15.5. The first-order valence-electron chi connectivity index (χ1n) is 15.3. The minimum Gasteiger partial charge on any atom is -0.321 e. The molecule has 0 bridgehead atoms. The van der Waals surface area contributed by atoms with Crippen LogP contribution in [0.2, 0.25) is 0 Å². The molecule has 2 aliphatic heterocycles. The second kappa shape index (κ2) is 10.1. The third-order valence-electron chi connectivity index (χ3n) is 9.57. The van der Waals surface area contributed by atoms with Crippen molar-refractivity contribution in [1.82, 2.24) is 0 Å². The number of hydrogen-bond donors (Lipinski definition) is 0. The van der Waals surface area contributed by atoms with Crippen molar-refractivity contribution in [3.63, 3.8) is 0 Å². The number of nitrogens with zero attached hydrogens (tertiary/aromatic N) is 4. The fourth-order valence-corrected chi connectivity index (χ4v) is 7.71. The van der Waals surface area contributed by atoms with Gasteiger partial charge in [-0.15, -0.1) is 0 Å². The first-order chi connectivity index (χ1) is 23.0. The van der Waals surface area contributed by atoms with Crippen molar-refractivity contribution in [2.75, 3.05) is 32.9 Å². The van der Waals surface area contributed by atoms with Crippen LogP contribution < -0.4 is 19.6 Å². The Morgan fingerprint density at radius 2 is 0.787 bits per heavy atom. The normalized spacial score (nSPS) is 15.5. The fraction of sp³-hybridized carbons (Fsp3) is 0.0769. The summed E-state index contributed by atoms with van der Waals surface area (Å²) in [4.78, 5) is 8.26. The van der Waals surface area contributed by atoms with Gasteiger partial charge in [-0.1, -0.05) is 72.8 Å². The van der Waals surface area contributed by atoms with Crippen LogP contribution in [0.4, 0.5) is 51.7 Å². The summed E-state index contributed by atoms with van der Waals surface area (Å²) in [6, 6.07) is 39.4. The lowest BCUT2D eigenvalue weighted by molar-refractivity contribution is 0.470. The quantitative estimate of drug-likeness (QED) is 0.181. The lowest BCUT2D eigenvalue weighted by Gasteiger charge is -2.49. The zero-order chi connectivity index (χ0) is 31.9. The Labute approximate surface area is 268 Å². The van der Waals surface area contributed by atoms with E-state index in [4.69, 9.17) is 0 Å². The van der Waals surface area contributed by atoms with Crippen LogP contribution in [0.15, 0.2) is 133 Å². The molecule has 0 fully saturated rings. The van der Waals surface area contributed by atoms with Crippen molar-refractivity contribution >= 4 is 34.1 Å². The number of para-hydroxylation sites is 4. The van der Waals surface area contributed by atoms with Gasteiger partial charge in [0.15, 0.2) is 5.66 Å². The Morgan fingerprint density at radius 1 is 0.404 bits per heavy atom. The van der Waals surface area contributed by atoms with Crippen molar-refractivity contribution in [3.8, 4) is 11.1 Å². The van der Waals surface area contributed by atoms with Gasteiger partial charge in [-0.25, -0.2) is 17.6 Å². The van der Waals surface area contributed by atoms with Gasteiger partial charge >= 0.3 is 0 Å². The van der Waals surface area contributed by atoms with E-state index in [1.807, 2.05) is 82.6 Å². The predicted octanol–water partition coefficient (Wildman–Crippen LogP) is 9.66. The Morgan fingerprint density at radius 3 is 1.21 bits per heavy atom. The number of fused-ring (bicyclic) bond motifs is 5. The summed E-state index contributed by atoms with van der Waals surface area (Å²) in [6.45, 7) is 0.461. The SMILES string of the molecule is Fc1ccc(N2CN(C3(N4CN(c5ccc(F)cc5F)c5ccccc54)c4ccccc4-c4ccccc43)c3ccccc32)c(F)c1. The minimum atomic E-state index is -1.00. The molecule has 0 saturated heterocycles. The van der Waals surface area contributed by atoms with E-state index in [0.29, 0.717) is 0 Å². The molecule has 6 aromatic rings. The van der Waals surface area contributed by atoms with Crippen LogP contribution in [0.1, 0.15) is 11.1 Å². The zero-order valence-corrected chi connectivity index (χ0v) is 24.9. The van der Waals surface area contributed by atoms with Gasteiger partial charge in [0.25, 0.3) is 0 Å². The molecule has 0 atom stereocenters. The van der Waals surface area contributed by atoms with Crippen molar-refractivity contribution in [2.45, 2.75) is 5.66 Å². The van der Waals surface area contributed by atoms with Gasteiger partial charge in [0, 0.05) is 23.3 Å². The largest absolute Gasteiger partial charge is 0.321 e. The van der Waals surface area contributed by atoms with Crippen LogP contribution in [0.3, 0.4) is 0 Å². The lowest BCUT2D eigenvalue weighted by Crippen LogP contribution is -2.59. The maximum Gasteiger partial charge on any atom is 0.170 e. The standard InChI is InChI=1S/C39H26F4N4/c40-25-17-19-33(31(42)21-25)44-23-46(37-15-7-5-13-35(37)44)39(29-11-3-1-9-27(29)28-10-2-4-12-30(28)39)47-24-45(36-14-6-8-16-38(36)47)34-20-18-26(41)22-32(34)43/h1-22H,23-24H2. The van der Waals surface area contributed by atoms with Crippen molar-refractivity contribution in [1.29, 1.82) is 0 Å². The van der Waals surface area contributed by atoms with Crippen molar-refractivity contribution < 1.29 is 17.6 Å². The van der Waals surface area contributed by atoms with E-state index in [1.54, 1.807) is 0 Å². The Hall–Kier alpha value is -5.76. The van der Waals surface area contributed by atoms with Crippen LogP contribution in [-0.2, 0) is 5.66 Å². The second-order valence-electron chi connectivity index (χ2n) is 11.9. The second-order valence-corrected chi connectivity index (χ2v) is 11.9. The molecule has 0 amide bonds. The lowest BCUT2D eigenvalue weighted by atomic mass is 9.92. The van der Waals surface area contributed by atoms with Crippen LogP contribution in [0, 0.1) is 23.3 Å². The molecule has 0 radical (unpaired) electrons. The van der Waals surface area contributed by atoms with E-state index >= 15 is 8.78 Å². The highest BCUT2D eigenvalue weighted by molar-refractivity contribution is 5.93. The molecule has 6 aromatic carbocycles. The molecule has 0 saturated carbocycles. The summed E-state index contributed by atoms with van der Waals surface area (Å²) in [6.07, 6.45) is 0. The average molecular weight is 627 g/mol. The molecule has 47 heavy (non-hydrogen) atoms. The number of halogens is 4. The van der Waals surface area contributed by atoms with Crippen LogP contribution in [0.5, 0.6) is 0 Å². The van der Waals surface area contributed by atoms with Gasteiger partial charge in [-0.3, -0.25) is 0 Å². The average Bonchev–Trinajstić information content (AvgIpc) is 3.74. The number of benzene rings is 6. The monoisotopic (exact) mass is 626 g/mol. The van der Waals surface area contributed by atoms with E-state index in [0.717, 1.165) is 57.1 Å². The van der Waals surface area contributed by atoms with E-state index in [9.17, 15) is 8.78 Å². The Balaban J connectivity index is 1.32. The van der Waals surface area contributed by atoms with E-state index in [-0.39, 0.29) is 24.7 Å². The third-order valence-corrected chi connectivity index (χ3v) is 9.57. The first-order valence-corrected chi connectivity index (χ1v) is 15.3. The zero-order valence-electron chi connectivity index (χ0n) is 24.9. The molecule has 3 aliphatic rings. The third kappa shape index (κ3) is 3.81. The molecule has 230 valence electrons. The molecule has 1 aliphatic carbocycles. The molecule has 8 heteroatoms. The van der Waals surface area contributed by atoms with E-state index in [2.05, 4.69) is 34.1 Å². The topological polar surface area (TPSA) is 13.0 Å². The van der Waals surface area contributed by atoms with E-state index < -0.39 is 28.9 Å². The first kappa shape index (κ1) is 27.5.